The summed E-state index contributed by atoms with van der Waals surface area (Å²) < 4.78 is 4.86. The molecule has 1 fully saturated rings. The number of benzene rings is 1. The molecule has 1 unspecified atom stereocenters. The van der Waals surface area contributed by atoms with Gasteiger partial charge in [-0.2, -0.15) is 0 Å². The van der Waals surface area contributed by atoms with Crippen molar-refractivity contribution in [2.24, 2.45) is 0 Å². The fourth-order valence-corrected chi connectivity index (χ4v) is 2.64. The van der Waals surface area contributed by atoms with Crippen molar-refractivity contribution in [3.05, 3.63) is 34.4 Å². The van der Waals surface area contributed by atoms with E-state index in [0.29, 0.717) is 5.56 Å². The van der Waals surface area contributed by atoms with Crippen molar-refractivity contribution in [2.45, 2.75) is 39.2 Å². The van der Waals surface area contributed by atoms with E-state index in [-0.39, 0.29) is 11.5 Å². The highest BCUT2D eigenvalue weighted by molar-refractivity contribution is 5.91. The van der Waals surface area contributed by atoms with E-state index < -0.39 is 0 Å². The third kappa shape index (κ3) is 2.15. The van der Waals surface area contributed by atoms with E-state index in [4.69, 9.17) is 4.74 Å². The summed E-state index contributed by atoms with van der Waals surface area (Å²) in [7, 11) is 1.43. The van der Waals surface area contributed by atoms with Crippen molar-refractivity contribution >= 4 is 5.97 Å². The number of nitrogens with one attached hydrogen (secondary N) is 1. The van der Waals surface area contributed by atoms with Crippen LogP contribution in [0, 0.1) is 13.8 Å². The Morgan fingerprint density at radius 2 is 2.11 bits per heavy atom. The number of aryl methyl sites for hydroxylation is 1. The summed E-state index contributed by atoms with van der Waals surface area (Å²) in [6, 6.07) is 4.16. The molecule has 1 aromatic rings. The number of hydrogen-bond acceptors (Lipinski definition) is 3. The molecule has 0 spiro atoms. The molecule has 0 amide bonds. The summed E-state index contributed by atoms with van der Waals surface area (Å²) in [6.07, 6.45) is 2.28. The van der Waals surface area contributed by atoms with E-state index in [2.05, 4.69) is 18.3 Å². The van der Waals surface area contributed by atoms with Crippen LogP contribution in [-0.2, 0) is 10.3 Å². The first-order chi connectivity index (χ1) is 8.48. The molecule has 1 N–H and O–H groups in total. The standard InChI is InChI=1S/C15H21NO2/c1-10-8-12(15(3)6-5-7-16-15)9-13(11(10)2)14(17)18-4/h8-9,16H,5-7H2,1-4H3. The molecule has 1 aliphatic rings. The number of methoxy groups -OCH3 is 1. The first-order valence-electron chi connectivity index (χ1n) is 6.43. The molecule has 1 aliphatic heterocycles. The molecule has 3 heteroatoms. The van der Waals surface area contributed by atoms with Gasteiger partial charge in [-0.3, -0.25) is 0 Å². The van der Waals surface area contributed by atoms with E-state index >= 15 is 0 Å². The van der Waals surface area contributed by atoms with Crippen LogP contribution in [0.1, 0.15) is 46.8 Å². The fourth-order valence-electron chi connectivity index (χ4n) is 2.64. The Kier molecular flexibility index (Phi) is 3.44. The maximum atomic E-state index is 11.8. The van der Waals surface area contributed by atoms with Gasteiger partial charge in [0.1, 0.15) is 0 Å². The van der Waals surface area contributed by atoms with Gasteiger partial charge >= 0.3 is 5.97 Å². The van der Waals surface area contributed by atoms with Gasteiger partial charge in [-0.05, 0) is 62.9 Å². The maximum Gasteiger partial charge on any atom is 0.338 e. The second-order valence-corrected chi connectivity index (χ2v) is 5.32. The quantitative estimate of drug-likeness (QED) is 0.817. The van der Waals surface area contributed by atoms with Crippen LogP contribution in [0.2, 0.25) is 0 Å². The zero-order chi connectivity index (χ0) is 13.3. The van der Waals surface area contributed by atoms with Gasteiger partial charge in [0.2, 0.25) is 0 Å². The molecule has 98 valence electrons. The van der Waals surface area contributed by atoms with Crippen LogP contribution in [0.15, 0.2) is 12.1 Å². The van der Waals surface area contributed by atoms with Gasteiger partial charge in [0, 0.05) is 5.54 Å². The van der Waals surface area contributed by atoms with E-state index in [1.807, 2.05) is 19.9 Å². The van der Waals surface area contributed by atoms with Crippen molar-refractivity contribution in [1.82, 2.24) is 5.32 Å². The molecule has 1 heterocycles. The van der Waals surface area contributed by atoms with Gasteiger partial charge in [-0.15, -0.1) is 0 Å². The highest BCUT2D eigenvalue weighted by Gasteiger charge is 2.31. The van der Waals surface area contributed by atoms with Gasteiger partial charge in [0.15, 0.2) is 0 Å². The average molecular weight is 247 g/mol. The van der Waals surface area contributed by atoms with Crippen molar-refractivity contribution in [3.8, 4) is 0 Å². The topological polar surface area (TPSA) is 38.3 Å². The maximum absolute atomic E-state index is 11.8. The zero-order valence-corrected chi connectivity index (χ0v) is 11.6. The summed E-state index contributed by atoms with van der Waals surface area (Å²) in [6.45, 7) is 7.25. The predicted molar refractivity (Wildman–Crippen MR) is 71.8 cm³/mol. The molecule has 2 rings (SSSR count). The Balaban J connectivity index is 2.50. The SMILES string of the molecule is COC(=O)c1cc(C2(C)CCCN2)cc(C)c1C. The molecular formula is C15H21NO2. The average Bonchev–Trinajstić information content (AvgIpc) is 2.79. The number of hydrogen-bond donors (Lipinski definition) is 1. The lowest BCUT2D eigenvalue weighted by molar-refractivity contribution is 0.0599. The summed E-state index contributed by atoms with van der Waals surface area (Å²) in [5.74, 6) is -0.251. The normalized spacial score (nSPS) is 23.1. The summed E-state index contributed by atoms with van der Waals surface area (Å²) in [5.41, 5.74) is 4.00. The van der Waals surface area contributed by atoms with Crippen LogP contribution < -0.4 is 5.32 Å². The highest BCUT2D eigenvalue weighted by atomic mass is 16.5. The van der Waals surface area contributed by atoms with Gasteiger partial charge in [-0.25, -0.2) is 4.79 Å². The minimum atomic E-state index is -0.251. The molecule has 0 aliphatic carbocycles. The van der Waals surface area contributed by atoms with Gasteiger partial charge < -0.3 is 10.1 Å². The van der Waals surface area contributed by atoms with Crippen LogP contribution in [-0.4, -0.2) is 19.6 Å². The number of esters is 1. The van der Waals surface area contributed by atoms with Crippen molar-refractivity contribution < 1.29 is 9.53 Å². The van der Waals surface area contributed by atoms with Crippen LogP contribution in [0.25, 0.3) is 0 Å². The van der Waals surface area contributed by atoms with Crippen molar-refractivity contribution in [3.63, 3.8) is 0 Å². The lowest BCUT2D eigenvalue weighted by atomic mass is 9.86. The Labute approximate surface area is 109 Å². The van der Waals surface area contributed by atoms with E-state index in [1.54, 1.807) is 0 Å². The van der Waals surface area contributed by atoms with E-state index in [0.717, 1.165) is 24.1 Å². The number of carbonyl (C=O) groups excluding carboxylic acids is 1. The molecule has 3 nitrogen and oxygen atoms in total. The first kappa shape index (κ1) is 13.1. The van der Waals surface area contributed by atoms with E-state index in [1.165, 1.54) is 19.1 Å². The molecule has 0 radical (unpaired) electrons. The summed E-state index contributed by atoms with van der Waals surface area (Å²) in [4.78, 5) is 11.8. The smallest absolute Gasteiger partial charge is 0.338 e. The lowest BCUT2D eigenvalue weighted by Gasteiger charge is -2.26. The second-order valence-electron chi connectivity index (χ2n) is 5.32. The number of carbonyl (C=O) groups is 1. The van der Waals surface area contributed by atoms with Crippen molar-refractivity contribution in [1.29, 1.82) is 0 Å². The van der Waals surface area contributed by atoms with Crippen LogP contribution in [0.4, 0.5) is 0 Å². The molecular weight excluding hydrogens is 226 g/mol. The Bertz CT molecular complexity index is 474. The largest absolute Gasteiger partial charge is 0.465 e. The first-order valence-corrected chi connectivity index (χ1v) is 6.43. The van der Waals surface area contributed by atoms with Crippen LogP contribution in [0.5, 0.6) is 0 Å². The Morgan fingerprint density at radius 1 is 1.39 bits per heavy atom. The number of rotatable bonds is 2. The third-order valence-electron chi connectivity index (χ3n) is 4.08. The molecule has 0 saturated carbocycles. The lowest BCUT2D eigenvalue weighted by Crippen LogP contribution is -2.33. The second kappa shape index (κ2) is 4.73. The monoisotopic (exact) mass is 247 g/mol. The molecule has 18 heavy (non-hydrogen) atoms. The molecule has 0 aromatic heterocycles. The minimum absolute atomic E-state index is 0.0127. The molecule has 1 aromatic carbocycles. The third-order valence-corrected chi connectivity index (χ3v) is 4.08. The molecule has 1 atom stereocenters. The minimum Gasteiger partial charge on any atom is -0.465 e. The molecule has 0 bridgehead atoms. The predicted octanol–water partition coefficient (Wildman–Crippen LogP) is 2.69. The molecule has 1 saturated heterocycles. The Hall–Kier alpha value is -1.35. The summed E-state index contributed by atoms with van der Waals surface area (Å²) in [5, 5.41) is 3.53. The number of ether oxygens (including phenoxy) is 1. The highest BCUT2D eigenvalue weighted by Crippen LogP contribution is 2.32. The van der Waals surface area contributed by atoms with Gasteiger partial charge in [0.05, 0.1) is 12.7 Å². The van der Waals surface area contributed by atoms with Gasteiger partial charge in [0.25, 0.3) is 0 Å². The van der Waals surface area contributed by atoms with Crippen LogP contribution in [0.3, 0.4) is 0 Å². The van der Waals surface area contributed by atoms with Crippen molar-refractivity contribution in [2.75, 3.05) is 13.7 Å². The zero-order valence-electron chi connectivity index (χ0n) is 11.6. The van der Waals surface area contributed by atoms with Crippen LogP contribution >= 0.6 is 0 Å². The summed E-state index contributed by atoms with van der Waals surface area (Å²) >= 11 is 0. The van der Waals surface area contributed by atoms with Gasteiger partial charge in [-0.1, -0.05) is 6.07 Å². The fraction of sp³-hybridized carbons (Fsp3) is 0.533. The Morgan fingerprint density at radius 3 is 2.67 bits per heavy atom. The van der Waals surface area contributed by atoms with E-state index in [9.17, 15) is 4.79 Å².